The van der Waals surface area contributed by atoms with Gasteiger partial charge in [0.05, 0.1) is 12.2 Å². The zero-order chi connectivity index (χ0) is 10.7. The lowest BCUT2D eigenvalue weighted by molar-refractivity contribution is 0.306. The maximum Gasteiger partial charge on any atom is 0.142 e. The molecule has 0 radical (unpaired) electrons. The van der Waals surface area contributed by atoms with Crippen LogP contribution in [0.5, 0.6) is 11.5 Å². The van der Waals surface area contributed by atoms with Gasteiger partial charge in [-0.2, -0.15) is 0 Å². The van der Waals surface area contributed by atoms with E-state index >= 15 is 0 Å². The van der Waals surface area contributed by atoms with Crippen LogP contribution in [0.2, 0.25) is 0 Å². The molecule has 1 aliphatic heterocycles. The molecule has 0 aromatic heterocycles. The maximum atomic E-state index is 5.53. The number of rotatable bonds is 3. The first kappa shape index (κ1) is 10.1. The summed E-state index contributed by atoms with van der Waals surface area (Å²) in [5.74, 6) is 1.76. The van der Waals surface area contributed by atoms with Crippen LogP contribution < -0.4 is 20.1 Å². The van der Waals surface area contributed by atoms with Gasteiger partial charge in [0.15, 0.2) is 0 Å². The Bertz CT molecular complexity index is 341. The summed E-state index contributed by atoms with van der Waals surface area (Å²) >= 11 is 0. The number of nitrogens with zero attached hydrogens (tertiary/aromatic N) is 1. The second-order valence-electron chi connectivity index (χ2n) is 3.54. The average molecular weight is 208 g/mol. The van der Waals surface area contributed by atoms with Gasteiger partial charge in [0.2, 0.25) is 0 Å². The van der Waals surface area contributed by atoms with Crippen molar-refractivity contribution in [3.63, 3.8) is 0 Å². The first-order valence-corrected chi connectivity index (χ1v) is 5.12. The van der Waals surface area contributed by atoms with Crippen LogP contribution in [0.4, 0.5) is 5.69 Å². The summed E-state index contributed by atoms with van der Waals surface area (Å²) in [6.07, 6.45) is 0. The number of likely N-dealkylation sites (N-methyl/N-ethyl adjacent to an activating group) is 1. The summed E-state index contributed by atoms with van der Waals surface area (Å²) in [6.45, 7) is 2.73. The van der Waals surface area contributed by atoms with Gasteiger partial charge in [-0.15, -0.1) is 0 Å². The van der Waals surface area contributed by atoms with Crippen molar-refractivity contribution < 1.29 is 9.47 Å². The largest absolute Gasteiger partial charge is 0.492 e. The second kappa shape index (κ2) is 4.40. The van der Waals surface area contributed by atoms with Crippen LogP contribution >= 0.6 is 0 Å². The van der Waals surface area contributed by atoms with E-state index in [4.69, 9.17) is 15.2 Å². The predicted molar refractivity (Wildman–Crippen MR) is 59.8 cm³/mol. The molecular weight excluding hydrogens is 192 g/mol. The van der Waals surface area contributed by atoms with Crippen molar-refractivity contribution in [2.75, 3.05) is 38.3 Å². The Hall–Kier alpha value is -1.42. The highest BCUT2D eigenvalue weighted by Crippen LogP contribution is 2.33. The fraction of sp³-hybridized carbons (Fsp3) is 0.455. The third-order valence-corrected chi connectivity index (χ3v) is 2.41. The van der Waals surface area contributed by atoms with E-state index in [0.717, 1.165) is 30.3 Å². The monoisotopic (exact) mass is 208 g/mol. The Labute approximate surface area is 89.6 Å². The number of hydrogen-bond donors (Lipinski definition) is 1. The minimum atomic E-state index is 0.531. The van der Waals surface area contributed by atoms with E-state index in [0.29, 0.717) is 13.2 Å². The molecule has 0 aliphatic carbocycles. The fourth-order valence-electron chi connectivity index (χ4n) is 1.60. The molecule has 0 spiro atoms. The molecule has 2 rings (SSSR count). The molecule has 0 bridgehead atoms. The molecule has 0 fully saturated rings. The van der Waals surface area contributed by atoms with E-state index in [1.165, 1.54) is 0 Å². The number of nitrogens with two attached hydrogens (primary N) is 1. The second-order valence-corrected chi connectivity index (χ2v) is 3.54. The van der Waals surface area contributed by atoms with Gasteiger partial charge in [0, 0.05) is 19.7 Å². The van der Waals surface area contributed by atoms with Gasteiger partial charge in [-0.1, -0.05) is 0 Å². The van der Waals surface area contributed by atoms with Crippen molar-refractivity contribution in [1.82, 2.24) is 0 Å². The van der Waals surface area contributed by atoms with Gasteiger partial charge >= 0.3 is 0 Å². The number of benzene rings is 1. The van der Waals surface area contributed by atoms with Crippen LogP contribution in [0.3, 0.4) is 0 Å². The van der Waals surface area contributed by atoms with E-state index in [2.05, 4.69) is 4.90 Å². The Morgan fingerprint density at radius 2 is 2.40 bits per heavy atom. The van der Waals surface area contributed by atoms with Crippen LogP contribution in [-0.4, -0.2) is 33.4 Å². The molecule has 4 heteroatoms. The van der Waals surface area contributed by atoms with Crippen LogP contribution in [0.25, 0.3) is 0 Å². The van der Waals surface area contributed by atoms with E-state index in [1.54, 1.807) is 0 Å². The van der Waals surface area contributed by atoms with E-state index in [1.807, 2.05) is 25.2 Å². The van der Waals surface area contributed by atoms with Crippen LogP contribution in [0.15, 0.2) is 18.2 Å². The summed E-state index contributed by atoms with van der Waals surface area (Å²) in [7, 11) is 2.05. The van der Waals surface area contributed by atoms with Crippen LogP contribution in [0, 0.1) is 0 Å². The Kier molecular flexibility index (Phi) is 2.97. The zero-order valence-corrected chi connectivity index (χ0v) is 8.90. The van der Waals surface area contributed by atoms with Gasteiger partial charge in [-0.05, 0) is 12.1 Å². The van der Waals surface area contributed by atoms with Gasteiger partial charge < -0.3 is 20.1 Å². The lowest BCUT2D eigenvalue weighted by Gasteiger charge is -2.27. The predicted octanol–water partition coefficient (Wildman–Crippen LogP) is 0.853. The molecule has 1 aliphatic rings. The minimum absolute atomic E-state index is 0.531. The molecule has 0 amide bonds. The van der Waals surface area contributed by atoms with E-state index in [-0.39, 0.29) is 0 Å². The molecule has 1 aromatic rings. The van der Waals surface area contributed by atoms with Crippen molar-refractivity contribution >= 4 is 5.69 Å². The minimum Gasteiger partial charge on any atom is -0.492 e. The lowest BCUT2D eigenvalue weighted by atomic mass is 10.2. The molecule has 82 valence electrons. The first-order valence-electron chi connectivity index (χ1n) is 5.12. The van der Waals surface area contributed by atoms with Crippen molar-refractivity contribution in [1.29, 1.82) is 0 Å². The number of fused-ring (bicyclic) bond motifs is 1. The quantitative estimate of drug-likeness (QED) is 0.800. The first-order chi connectivity index (χ1) is 7.31. The molecule has 2 N–H and O–H groups in total. The van der Waals surface area contributed by atoms with Gasteiger partial charge in [0.1, 0.15) is 24.7 Å². The Balaban J connectivity index is 2.19. The van der Waals surface area contributed by atoms with Crippen molar-refractivity contribution in [2.24, 2.45) is 5.73 Å². The summed E-state index contributed by atoms with van der Waals surface area (Å²) in [5, 5.41) is 0. The van der Waals surface area contributed by atoms with Crippen LogP contribution in [0.1, 0.15) is 0 Å². The smallest absolute Gasteiger partial charge is 0.142 e. The van der Waals surface area contributed by atoms with Crippen molar-refractivity contribution in [3.05, 3.63) is 18.2 Å². The highest BCUT2D eigenvalue weighted by molar-refractivity contribution is 5.62. The summed E-state index contributed by atoms with van der Waals surface area (Å²) < 4.78 is 11.0. The molecule has 0 saturated carbocycles. The SMILES string of the molecule is CN1CCOc2ccc(OCCN)cc21. The van der Waals surface area contributed by atoms with Gasteiger partial charge in [-0.25, -0.2) is 0 Å². The molecule has 1 heterocycles. The van der Waals surface area contributed by atoms with Gasteiger partial charge in [-0.3, -0.25) is 0 Å². The van der Waals surface area contributed by atoms with Gasteiger partial charge in [0.25, 0.3) is 0 Å². The topological polar surface area (TPSA) is 47.7 Å². The fourth-order valence-corrected chi connectivity index (χ4v) is 1.60. The highest BCUT2D eigenvalue weighted by Gasteiger charge is 2.15. The summed E-state index contributed by atoms with van der Waals surface area (Å²) in [6, 6.07) is 5.84. The Morgan fingerprint density at radius 3 is 3.20 bits per heavy atom. The molecule has 0 atom stereocenters. The molecule has 0 saturated heterocycles. The van der Waals surface area contributed by atoms with E-state index in [9.17, 15) is 0 Å². The van der Waals surface area contributed by atoms with Crippen molar-refractivity contribution in [3.8, 4) is 11.5 Å². The van der Waals surface area contributed by atoms with Crippen LogP contribution in [-0.2, 0) is 0 Å². The molecule has 0 unspecified atom stereocenters. The summed E-state index contributed by atoms with van der Waals surface area (Å²) in [4.78, 5) is 2.16. The lowest BCUT2D eigenvalue weighted by Crippen LogP contribution is -2.28. The number of hydrogen-bond acceptors (Lipinski definition) is 4. The summed E-state index contributed by atoms with van der Waals surface area (Å²) in [5.41, 5.74) is 6.46. The third-order valence-electron chi connectivity index (χ3n) is 2.41. The average Bonchev–Trinajstić information content (AvgIpc) is 2.27. The maximum absolute atomic E-state index is 5.53. The molecular formula is C11H16N2O2. The van der Waals surface area contributed by atoms with Crippen molar-refractivity contribution in [2.45, 2.75) is 0 Å². The standard InChI is InChI=1S/C11H16N2O2/c1-13-5-7-15-11-3-2-9(8-10(11)13)14-6-4-12/h2-3,8H,4-7,12H2,1H3. The number of anilines is 1. The number of ether oxygens (including phenoxy) is 2. The van der Waals surface area contributed by atoms with E-state index < -0.39 is 0 Å². The Morgan fingerprint density at radius 1 is 1.53 bits per heavy atom. The zero-order valence-electron chi connectivity index (χ0n) is 8.90. The molecule has 1 aromatic carbocycles. The normalized spacial score (nSPS) is 14.4. The molecule has 4 nitrogen and oxygen atoms in total. The molecule has 15 heavy (non-hydrogen) atoms. The third kappa shape index (κ3) is 2.15. The highest BCUT2D eigenvalue weighted by atomic mass is 16.5.